The minimum Gasteiger partial charge on any atom is -0.366 e. The lowest BCUT2D eigenvalue weighted by Gasteiger charge is -2.40. The fourth-order valence-corrected chi connectivity index (χ4v) is 6.18. The summed E-state index contributed by atoms with van der Waals surface area (Å²) in [5, 5.41) is 12.0. The van der Waals surface area contributed by atoms with E-state index in [0.717, 1.165) is 66.7 Å². The number of hydrogen-bond acceptors (Lipinski definition) is 7. The van der Waals surface area contributed by atoms with Gasteiger partial charge in [-0.05, 0) is 91.6 Å². The summed E-state index contributed by atoms with van der Waals surface area (Å²) in [5.74, 6) is -0.406. The number of nitrogens with one attached hydrogen (secondary N) is 1. The van der Waals surface area contributed by atoms with Crippen molar-refractivity contribution in [3.63, 3.8) is 0 Å². The van der Waals surface area contributed by atoms with Crippen LogP contribution < -0.4 is 11.2 Å². The van der Waals surface area contributed by atoms with E-state index in [2.05, 4.69) is 38.9 Å². The summed E-state index contributed by atoms with van der Waals surface area (Å²) in [6.45, 7) is 8.51. The van der Waals surface area contributed by atoms with Crippen LogP contribution in [0.25, 0.3) is 5.69 Å². The molecule has 1 atom stereocenters. The second kappa shape index (κ2) is 12.5. The third kappa shape index (κ3) is 6.23. The fourth-order valence-electron chi connectivity index (χ4n) is 5.52. The molecular formula is C27H37N7O3S. The number of hydroxylamine groups is 1. The van der Waals surface area contributed by atoms with Gasteiger partial charge in [-0.3, -0.25) is 14.2 Å². The van der Waals surface area contributed by atoms with Crippen molar-refractivity contribution >= 4 is 23.3 Å². The summed E-state index contributed by atoms with van der Waals surface area (Å²) < 4.78 is 1.89. The van der Waals surface area contributed by atoms with Gasteiger partial charge in [0.1, 0.15) is 12.7 Å². The second-order valence-corrected chi connectivity index (χ2v) is 10.7. The molecule has 4 rings (SSSR count). The van der Waals surface area contributed by atoms with Crippen LogP contribution in [-0.4, -0.2) is 68.8 Å². The van der Waals surface area contributed by atoms with Gasteiger partial charge in [-0.2, -0.15) is 11.3 Å². The zero-order valence-electron chi connectivity index (χ0n) is 22.5. The van der Waals surface area contributed by atoms with E-state index in [-0.39, 0.29) is 12.1 Å². The van der Waals surface area contributed by atoms with Crippen molar-refractivity contribution in [1.29, 1.82) is 0 Å². The molecule has 3 N–H and O–H groups in total. The van der Waals surface area contributed by atoms with Crippen LogP contribution in [0.4, 0.5) is 4.79 Å². The molecule has 2 aromatic heterocycles. The van der Waals surface area contributed by atoms with Gasteiger partial charge >= 0.3 is 6.03 Å². The van der Waals surface area contributed by atoms with E-state index in [0.29, 0.717) is 18.2 Å². The van der Waals surface area contributed by atoms with Gasteiger partial charge in [-0.1, -0.05) is 0 Å². The minimum absolute atomic E-state index is 0.145. The molecular weight excluding hydrogens is 502 g/mol. The summed E-state index contributed by atoms with van der Waals surface area (Å²) in [5.41, 5.74) is 13.8. The van der Waals surface area contributed by atoms with E-state index in [1.54, 1.807) is 24.0 Å². The molecule has 3 amide bonds. The molecule has 0 spiro atoms. The molecule has 0 saturated carbocycles. The van der Waals surface area contributed by atoms with Gasteiger partial charge in [0.2, 0.25) is 5.91 Å². The average Bonchev–Trinajstić information content (AvgIpc) is 3.61. The lowest BCUT2D eigenvalue weighted by Crippen LogP contribution is -2.51. The van der Waals surface area contributed by atoms with Gasteiger partial charge in [-0.15, -0.1) is 10.2 Å². The zero-order valence-corrected chi connectivity index (χ0v) is 23.3. The number of carbonyl (C=O) groups excluding carboxylic acids is 2. The Hall–Kier alpha value is -3.28. The quantitative estimate of drug-likeness (QED) is 0.380. The maximum Gasteiger partial charge on any atom is 0.341 e. The molecule has 0 bridgehead atoms. The Morgan fingerprint density at radius 1 is 1.26 bits per heavy atom. The number of hydrogen-bond donors (Lipinski definition) is 2. The fraction of sp³-hybridized carbons (Fsp3) is 0.481. The van der Waals surface area contributed by atoms with Crippen LogP contribution in [-0.2, 0) is 17.8 Å². The molecule has 11 heteroatoms. The molecule has 1 fully saturated rings. The van der Waals surface area contributed by atoms with Gasteiger partial charge in [-0.25, -0.2) is 10.3 Å². The minimum atomic E-state index is -0.406. The molecule has 204 valence electrons. The molecule has 3 heterocycles. The third-order valence-electron chi connectivity index (χ3n) is 7.59. The number of aromatic nitrogens is 3. The summed E-state index contributed by atoms with van der Waals surface area (Å²) in [6, 6.07) is 4.33. The second-order valence-electron chi connectivity index (χ2n) is 9.95. The molecule has 0 radical (unpaired) electrons. The highest BCUT2D eigenvalue weighted by Gasteiger charge is 2.30. The highest BCUT2D eigenvalue weighted by atomic mass is 32.1. The first-order valence-electron chi connectivity index (χ1n) is 12.9. The zero-order chi connectivity index (χ0) is 27.2. The number of aryl methyl sites for hydroxylation is 1. The SMILES string of the molecule is CONC(=O)N(Cc1ccsc1)C1CCN([C@H](C)CCc2c(-n3cnnc3)cc(C)c(C(N)=O)c2C)CC1. The first-order valence-corrected chi connectivity index (χ1v) is 13.9. The molecule has 38 heavy (non-hydrogen) atoms. The van der Waals surface area contributed by atoms with Crippen LogP contribution in [0, 0.1) is 13.8 Å². The van der Waals surface area contributed by atoms with Crippen LogP contribution in [0.2, 0.25) is 0 Å². The number of carbonyl (C=O) groups is 2. The maximum absolute atomic E-state index is 12.7. The summed E-state index contributed by atoms with van der Waals surface area (Å²) in [7, 11) is 1.46. The van der Waals surface area contributed by atoms with Gasteiger partial charge in [0, 0.05) is 37.3 Å². The van der Waals surface area contributed by atoms with E-state index in [9.17, 15) is 9.59 Å². The van der Waals surface area contributed by atoms with Gasteiger partial charge < -0.3 is 15.5 Å². The number of piperidine rings is 1. The lowest BCUT2D eigenvalue weighted by molar-refractivity contribution is 0.0566. The largest absolute Gasteiger partial charge is 0.366 e. The molecule has 1 aliphatic heterocycles. The lowest BCUT2D eigenvalue weighted by atomic mass is 9.91. The molecule has 10 nitrogen and oxygen atoms in total. The number of primary amides is 1. The van der Waals surface area contributed by atoms with Crippen molar-refractivity contribution < 1.29 is 14.4 Å². The number of nitrogens with two attached hydrogens (primary N) is 1. The Kier molecular flexibility index (Phi) is 9.13. The van der Waals surface area contributed by atoms with Crippen LogP contribution in [0.5, 0.6) is 0 Å². The van der Waals surface area contributed by atoms with Gasteiger partial charge in [0.15, 0.2) is 0 Å². The predicted molar refractivity (Wildman–Crippen MR) is 147 cm³/mol. The first-order chi connectivity index (χ1) is 18.3. The summed E-state index contributed by atoms with van der Waals surface area (Å²) in [4.78, 5) is 34.2. The van der Waals surface area contributed by atoms with Crippen LogP contribution in [0.15, 0.2) is 35.5 Å². The van der Waals surface area contributed by atoms with E-state index < -0.39 is 5.91 Å². The van der Waals surface area contributed by atoms with Crippen molar-refractivity contribution in [2.45, 2.75) is 65.1 Å². The van der Waals surface area contributed by atoms with Crippen molar-refractivity contribution in [2.24, 2.45) is 5.73 Å². The standard InChI is InChI=1S/C27H37N7O3S/c1-18-13-24(33-16-29-30-17-33)23(20(3)25(18)26(28)35)6-5-19(2)32-10-7-22(8-11-32)34(27(36)31-37-4)14-21-9-12-38-15-21/h9,12-13,15-17,19,22H,5-8,10-11,14H2,1-4H3,(H2,28,35)(H,31,36)/t19-/m1/s1. The Bertz CT molecular complexity index is 1220. The summed E-state index contributed by atoms with van der Waals surface area (Å²) in [6.07, 6.45) is 6.86. The van der Waals surface area contributed by atoms with E-state index in [4.69, 9.17) is 10.6 Å². The van der Waals surface area contributed by atoms with Crippen LogP contribution >= 0.6 is 11.3 Å². The Morgan fingerprint density at radius 2 is 1.97 bits per heavy atom. The Labute approximate surface area is 227 Å². The smallest absolute Gasteiger partial charge is 0.341 e. The number of rotatable bonds is 10. The van der Waals surface area contributed by atoms with Crippen LogP contribution in [0.3, 0.4) is 0 Å². The number of thiophene rings is 1. The molecule has 0 aliphatic carbocycles. The normalized spacial score (nSPS) is 15.4. The predicted octanol–water partition coefficient (Wildman–Crippen LogP) is 3.60. The molecule has 3 aromatic rings. The third-order valence-corrected chi connectivity index (χ3v) is 8.32. The van der Waals surface area contributed by atoms with Crippen molar-refractivity contribution in [2.75, 3.05) is 20.2 Å². The van der Waals surface area contributed by atoms with Crippen molar-refractivity contribution in [3.8, 4) is 5.69 Å². The highest BCUT2D eigenvalue weighted by Crippen LogP contribution is 2.28. The topological polar surface area (TPSA) is 119 Å². The highest BCUT2D eigenvalue weighted by molar-refractivity contribution is 7.07. The van der Waals surface area contributed by atoms with Gasteiger partial charge in [0.05, 0.1) is 12.8 Å². The number of benzene rings is 1. The number of amides is 3. The monoisotopic (exact) mass is 539 g/mol. The molecule has 1 aromatic carbocycles. The molecule has 1 aliphatic rings. The summed E-state index contributed by atoms with van der Waals surface area (Å²) >= 11 is 1.63. The molecule has 0 unspecified atom stereocenters. The van der Waals surface area contributed by atoms with E-state index in [1.165, 1.54) is 7.11 Å². The Balaban J connectivity index is 1.43. The molecule has 1 saturated heterocycles. The van der Waals surface area contributed by atoms with Crippen molar-refractivity contribution in [3.05, 3.63) is 63.4 Å². The van der Waals surface area contributed by atoms with Gasteiger partial charge in [0.25, 0.3) is 0 Å². The van der Waals surface area contributed by atoms with E-state index >= 15 is 0 Å². The average molecular weight is 540 g/mol. The maximum atomic E-state index is 12.7. The Morgan fingerprint density at radius 3 is 2.58 bits per heavy atom. The first kappa shape index (κ1) is 27.7. The number of nitrogens with zero attached hydrogens (tertiary/aromatic N) is 5. The number of likely N-dealkylation sites (tertiary alicyclic amines) is 1. The van der Waals surface area contributed by atoms with Crippen molar-refractivity contribution in [1.82, 2.24) is 30.0 Å². The van der Waals surface area contributed by atoms with Crippen LogP contribution in [0.1, 0.15) is 58.8 Å². The van der Waals surface area contributed by atoms with E-state index in [1.807, 2.05) is 34.8 Å². The number of urea groups is 1.